The van der Waals surface area contributed by atoms with Crippen molar-refractivity contribution < 1.29 is 5.11 Å². The van der Waals surface area contributed by atoms with Crippen molar-refractivity contribution in [2.24, 2.45) is 5.92 Å². The molecule has 2 unspecified atom stereocenters. The summed E-state index contributed by atoms with van der Waals surface area (Å²) >= 11 is 0. The summed E-state index contributed by atoms with van der Waals surface area (Å²) < 4.78 is 1.84. The van der Waals surface area contributed by atoms with Crippen molar-refractivity contribution in [1.82, 2.24) is 9.78 Å². The first-order valence-corrected chi connectivity index (χ1v) is 4.90. The van der Waals surface area contributed by atoms with Gasteiger partial charge < -0.3 is 5.11 Å². The van der Waals surface area contributed by atoms with Crippen LogP contribution in [0.5, 0.6) is 0 Å². The number of rotatable bonds is 4. The van der Waals surface area contributed by atoms with E-state index in [-0.39, 0.29) is 6.10 Å². The van der Waals surface area contributed by atoms with Crippen LogP contribution in [-0.4, -0.2) is 14.9 Å². The lowest BCUT2D eigenvalue weighted by molar-refractivity contribution is 0.106. The van der Waals surface area contributed by atoms with Crippen LogP contribution >= 0.6 is 0 Å². The second kappa shape index (κ2) is 4.42. The zero-order valence-corrected chi connectivity index (χ0v) is 8.57. The molecule has 13 heavy (non-hydrogen) atoms. The summed E-state index contributed by atoms with van der Waals surface area (Å²) in [4.78, 5) is 0. The number of aromatic nitrogens is 2. The average Bonchev–Trinajstić information content (AvgIpc) is 2.62. The molecule has 0 spiro atoms. The van der Waals surface area contributed by atoms with Crippen molar-refractivity contribution >= 4 is 0 Å². The van der Waals surface area contributed by atoms with Crippen molar-refractivity contribution in [3.63, 3.8) is 0 Å². The number of aryl methyl sites for hydroxylation is 1. The molecule has 3 heteroatoms. The minimum absolute atomic E-state index is 0.294. The molecule has 0 aliphatic rings. The van der Waals surface area contributed by atoms with Crippen molar-refractivity contribution in [1.29, 1.82) is 0 Å². The Balaban J connectivity index is 2.81. The van der Waals surface area contributed by atoms with Crippen molar-refractivity contribution in [3.05, 3.63) is 18.0 Å². The third-order valence-corrected chi connectivity index (χ3v) is 2.53. The molecule has 1 heterocycles. The van der Waals surface area contributed by atoms with E-state index in [0.29, 0.717) is 5.92 Å². The summed E-state index contributed by atoms with van der Waals surface area (Å²) in [6.45, 7) is 6.98. The number of hydrogen-bond acceptors (Lipinski definition) is 2. The van der Waals surface area contributed by atoms with Gasteiger partial charge in [-0.2, -0.15) is 5.10 Å². The van der Waals surface area contributed by atoms with Crippen molar-refractivity contribution in [2.75, 3.05) is 0 Å². The summed E-state index contributed by atoms with van der Waals surface area (Å²) in [6.07, 6.45) is 2.34. The van der Waals surface area contributed by atoms with Crippen LogP contribution < -0.4 is 0 Å². The number of aliphatic hydroxyl groups is 1. The first kappa shape index (κ1) is 10.3. The summed E-state index contributed by atoms with van der Waals surface area (Å²) in [5.74, 6) is 0.294. The number of hydrogen-bond donors (Lipinski definition) is 1. The number of aliphatic hydroxyl groups excluding tert-OH is 1. The molecule has 0 amide bonds. The van der Waals surface area contributed by atoms with Crippen molar-refractivity contribution in [2.45, 2.75) is 39.8 Å². The molecule has 74 valence electrons. The van der Waals surface area contributed by atoms with E-state index in [2.05, 4.69) is 18.9 Å². The van der Waals surface area contributed by atoms with Crippen LogP contribution in [0.4, 0.5) is 0 Å². The van der Waals surface area contributed by atoms with Crippen LogP contribution in [0.15, 0.2) is 12.3 Å². The van der Waals surface area contributed by atoms with Crippen molar-refractivity contribution in [3.8, 4) is 0 Å². The molecule has 0 aliphatic carbocycles. The van der Waals surface area contributed by atoms with Gasteiger partial charge in [-0.1, -0.05) is 20.3 Å². The Hall–Kier alpha value is -0.830. The molecule has 0 fully saturated rings. The lowest BCUT2D eigenvalue weighted by Crippen LogP contribution is -2.13. The highest BCUT2D eigenvalue weighted by molar-refractivity contribution is 5.05. The first-order chi connectivity index (χ1) is 6.20. The number of nitrogens with zero attached hydrogens (tertiary/aromatic N) is 2. The summed E-state index contributed by atoms with van der Waals surface area (Å²) in [6, 6.07) is 1.89. The van der Waals surface area contributed by atoms with Gasteiger partial charge in [0.1, 0.15) is 0 Å². The van der Waals surface area contributed by atoms with Crippen LogP contribution in [-0.2, 0) is 6.54 Å². The van der Waals surface area contributed by atoms with Crippen LogP contribution in [0.25, 0.3) is 0 Å². The van der Waals surface area contributed by atoms with E-state index >= 15 is 0 Å². The van der Waals surface area contributed by atoms with Gasteiger partial charge in [0, 0.05) is 12.7 Å². The maximum absolute atomic E-state index is 9.93. The second-order valence-electron chi connectivity index (χ2n) is 3.40. The Kier molecular flexibility index (Phi) is 3.48. The monoisotopic (exact) mass is 182 g/mol. The van der Waals surface area contributed by atoms with E-state index in [1.165, 1.54) is 0 Å². The van der Waals surface area contributed by atoms with Gasteiger partial charge in [-0.15, -0.1) is 0 Å². The second-order valence-corrected chi connectivity index (χ2v) is 3.40. The maximum Gasteiger partial charge on any atom is 0.0981 e. The lowest BCUT2D eigenvalue weighted by atomic mass is 9.99. The van der Waals surface area contributed by atoms with Gasteiger partial charge >= 0.3 is 0 Å². The Bertz CT molecular complexity index is 257. The van der Waals surface area contributed by atoms with E-state index in [1.807, 2.05) is 17.7 Å². The topological polar surface area (TPSA) is 38.1 Å². The molecule has 1 aromatic rings. The molecule has 0 saturated carbocycles. The Morgan fingerprint density at radius 1 is 1.54 bits per heavy atom. The largest absolute Gasteiger partial charge is 0.387 e. The minimum Gasteiger partial charge on any atom is -0.387 e. The molecular formula is C10H18N2O. The van der Waals surface area contributed by atoms with Gasteiger partial charge in [-0.25, -0.2) is 0 Å². The molecule has 0 saturated heterocycles. The van der Waals surface area contributed by atoms with Gasteiger partial charge in [0.25, 0.3) is 0 Å². The molecule has 0 bridgehead atoms. The third kappa shape index (κ3) is 2.10. The van der Waals surface area contributed by atoms with E-state index in [4.69, 9.17) is 0 Å². The van der Waals surface area contributed by atoms with Gasteiger partial charge in [0.2, 0.25) is 0 Å². The summed E-state index contributed by atoms with van der Waals surface area (Å²) in [5.41, 5.74) is 0.928. The highest BCUT2D eigenvalue weighted by Crippen LogP contribution is 2.23. The van der Waals surface area contributed by atoms with Gasteiger partial charge in [0.05, 0.1) is 11.8 Å². The van der Waals surface area contributed by atoms with Gasteiger partial charge in [-0.05, 0) is 18.9 Å². The Labute approximate surface area is 79.4 Å². The van der Waals surface area contributed by atoms with Crippen LogP contribution in [0.2, 0.25) is 0 Å². The fraction of sp³-hybridized carbons (Fsp3) is 0.700. The average molecular weight is 182 g/mol. The molecule has 0 radical (unpaired) electrons. The van der Waals surface area contributed by atoms with E-state index in [1.54, 1.807) is 6.20 Å². The summed E-state index contributed by atoms with van der Waals surface area (Å²) in [7, 11) is 0. The van der Waals surface area contributed by atoms with Crippen LogP contribution in [0, 0.1) is 5.92 Å². The van der Waals surface area contributed by atoms with Crippen LogP contribution in [0.1, 0.15) is 39.0 Å². The molecule has 0 aliphatic heterocycles. The Morgan fingerprint density at radius 3 is 2.77 bits per heavy atom. The SMILES string of the molecule is CCC(C)C(O)c1ccnn1CC. The molecule has 1 N–H and O–H groups in total. The normalized spacial score (nSPS) is 15.7. The van der Waals surface area contributed by atoms with E-state index < -0.39 is 0 Å². The van der Waals surface area contributed by atoms with Gasteiger partial charge in [-0.3, -0.25) is 4.68 Å². The quantitative estimate of drug-likeness (QED) is 0.773. The van der Waals surface area contributed by atoms with Crippen LogP contribution in [0.3, 0.4) is 0 Å². The molecule has 1 aromatic heterocycles. The van der Waals surface area contributed by atoms with Gasteiger partial charge in [0.15, 0.2) is 0 Å². The zero-order chi connectivity index (χ0) is 9.84. The molecular weight excluding hydrogens is 164 g/mol. The molecule has 0 aromatic carbocycles. The van der Waals surface area contributed by atoms with E-state index in [9.17, 15) is 5.11 Å². The molecule has 1 rings (SSSR count). The lowest BCUT2D eigenvalue weighted by Gasteiger charge is -2.17. The predicted molar refractivity (Wildman–Crippen MR) is 52.3 cm³/mol. The zero-order valence-electron chi connectivity index (χ0n) is 8.57. The molecule has 2 atom stereocenters. The fourth-order valence-electron chi connectivity index (χ4n) is 1.37. The van der Waals surface area contributed by atoms with E-state index in [0.717, 1.165) is 18.7 Å². The standard InChI is InChI=1S/C10H18N2O/c1-4-8(3)10(13)9-6-7-11-12(9)5-2/h6-8,10,13H,4-5H2,1-3H3. The fourth-order valence-corrected chi connectivity index (χ4v) is 1.37. The highest BCUT2D eigenvalue weighted by Gasteiger charge is 2.17. The smallest absolute Gasteiger partial charge is 0.0981 e. The third-order valence-electron chi connectivity index (χ3n) is 2.53. The first-order valence-electron chi connectivity index (χ1n) is 4.90. The highest BCUT2D eigenvalue weighted by atomic mass is 16.3. The maximum atomic E-state index is 9.93. The molecule has 3 nitrogen and oxygen atoms in total. The Morgan fingerprint density at radius 2 is 2.23 bits per heavy atom. The summed E-state index contributed by atoms with van der Waals surface area (Å²) in [5, 5.41) is 14.1. The minimum atomic E-state index is -0.382. The predicted octanol–water partition coefficient (Wildman–Crippen LogP) is 1.98.